The maximum Gasteiger partial charge on any atom is 0.344 e. The summed E-state index contributed by atoms with van der Waals surface area (Å²) < 4.78 is 12.3. The second-order valence-corrected chi connectivity index (χ2v) is 8.49. The average molecular weight is 533 g/mol. The molecule has 0 bridgehead atoms. The van der Waals surface area contributed by atoms with Crippen molar-refractivity contribution >= 4 is 44.7 Å². The van der Waals surface area contributed by atoms with Crippen LogP contribution in [0.15, 0.2) is 44.7 Å². The molecule has 11 nitrogen and oxygen atoms in total. The normalized spacial score (nSPS) is 12.3. The number of hydrogen-bond donors (Lipinski definition) is 1. The molecule has 34 heavy (non-hydrogen) atoms. The number of rotatable bonds is 8. The van der Waals surface area contributed by atoms with E-state index >= 15 is 0 Å². The zero-order valence-electron chi connectivity index (χ0n) is 18.7. The van der Waals surface area contributed by atoms with Gasteiger partial charge in [0.25, 0.3) is 5.56 Å². The fraction of sp³-hybridized carbons (Fsp3) is 0.273. The number of hydrogen-bond acceptors (Lipinski definition) is 8. The number of carboxylic acids is 1. The highest BCUT2D eigenvalue weighted by molar-refractivity contribution is 9.10. The molecule has 0 saturated carbocycles. The Bertz CT molecular complexity index is 1370. The highest BCUT2D eigenvalue weighted by Gasteiger charge is 2.26. The average Bonchev–Trinajstić information content (AvgIpc) is 2.78. The van der Waals surface area contributed by atoms with Gasteiger partial charge < -0.3 is 14.6 Å². The molecule has 1 atom stereocenters. The van der Waals surface area contributed by atoms with Gasteiger partial charge in [0, 0.05) is 22.0 Å². The molecule has 1 N–H and O–H groups in total. The lowest BCUT2D eigenvalue weighted by atomic mass is 10.1. The van der Waals surface area contributed by atoms with Crippen molar-refractivity contribution in [2.24, 2.45) is 5.10 Å². The zero-order chi connectivity index (χ0) is 25.2. The smallest absolute Gasteiger partial charge is 0.344 e. The lowest BCUT2D eigenvalue weighted by molar-refractivity contribution is -0.386. The molecule has 1 heterocycles. The Morgan fingerprint density at radius 2 is 2.00 bits per heavy atom. The van der Waals surface area contributed by atoms with E-state index in [4.69, 9.17) is 14.6 Å². The van der Waals surface area contributed by atoms with E-state index < -0.39 is 28.2 Å². The largest absolute Gasteiger partial charge is 0.493 e. The third kappa shape index (κ3) is 5.06. The predicted molar refractivity (Wildman–Crippen MR) is 128 cm³/mol. The molecular weight excluding hydrogens is 512 g/mol. The van der Waals surface area contributed by atoms with Crippen molar-refractivity contribution < 1.29 is 24.3 Å². The highest BCUT2D eigenvalue weighted by Crippen LogP contribution is 2.38. The van der Waals surface area contributed by atoms with E-state index in [2.05, 4.69) is 26.0 Å². The van der Waals surface area contributed by atoms with Gasteiger partial charge in [-0.2, -0.15) is 9.78 Å². The second kappa shape index (κ2) is 10.00. The zero-order valence-corrected chi connectivity index (χ0v) is 20.3. The monoisotopic (exact) mass is 532 g/mol. The lowest BCUT2D eigenvalue weighted by Crippen LogP contribution is -2.24. The van der Waals surface area contributed by atoms with Crippen LogP contribution in [0.5, 0.6) is 11.5 Å². The number of carboxylic acid groups (broad SMARTS) is 1. The van der Waals surface area contributed by atoms with Gasteiger partial charge in [-0.1, -0.05) is 29.8 Å². The Morgan fingerprint density at radius 1 is 1.29 bits per heavy atom. The van der Waals surface area contributed by atoms with Crippen molar-refractivity contribution in [1.29, 1.82) is 0 Å². The molecule has 0 unspecified atom stereocenters. The first kappa shape index (κ1) is 24.8. The number of carbonyl (C=O) groups is 1. The summed E-state index contributed by atoms with van der Waals surface area (Å²) in [5.41, 5.74) is -0.154. The maximum atomic E-state index is 13.1. The van der Waals surface area contributed by atoms with E-state index in [9.17, 15) is 19.7 Å². The third-order valence-electron chi connectivity index (χ3n) is 4.79. The van der Waals surface area contributed by atoms with Crippen LogP contribution in [0.3, 0.4) is 0 Å². The number of nitrogens with zero attached hydrogens (tertiary/aromatic N) is 4. The molecule has 0 amide bonds. The molecule has 0 aliphatic rings. The molecule has 0 aliphatic heterocycles. The van der Waals surface area contributed by atoms with Crippen molar-refractivity contribution in [2.45, 2.75) is 32.8 Å². The summed E-state index contributed by atoms with van der Waals surface area (Å²) in [6.45, 7) is 4.97. The van der Waals surface area contributed by atoms with Gasteiger partial charge in [0.1, 0.15) is 5.82 Å². The minimum Gasteiger partial charge on any atom is -0.493 e. The van der Waals surface area contributed by atoms with Crippen molar-refractivity contribution in [1.82, 2.24) is 9.66 Å². The van der Waals surface area contributed by atoms with Gasteiger partial charge in [0.2, 0.25) is 5.75 Å². The van der Waals surface area contributed by atoms with Gasteiger partial charge >= 0.3 is 11.7 Å². The topological polar surface area (TPSA) is 146 Å². The van der Waals surface area contributed by atoms with Gasteiger partial charge in [-0.05, 0) is 31.2 Å². The van der Waals surface area contributed by atoms with Crippen LogP contribution < -0.4 is 15.0 Å². The Kier molecular flexibility index (Phi) is 7.30. The number of benzene rings is 2. The van der Waals surface area contributed by atoms with Gasteiger partial charge in [-0.3, -0.25) is 14.9 Å². The Labute approximate surface area is 201 Å². The summed E-state index contributed by atoms with van der Waals surface area (Å²) in [5, 5.41) is 25.4. The summed E-state index contributed by atoms with van der Waals surface area (Å²) in [6.07, 6.45) is -0.0825. The number of aliphatic carboxylic acids is 1. The Balaban J connectivity index is 2.15. The first-order valence-corrected chi connectivity index (χ1v) is 10.8. The molecular formula is C22H21BrN4O7. The molecule has 0 aliphatic carbocycles. The summed E-state index contributed by atoms with van der Waals surface area (Å²) in [6, 6.07) is 7.70. The van der Waals surface area contributed by atoms with E-state index in [1.165, 1.54) is 26.3 Å². The summed E-state index contributed by atoms with van der Waals surface area (Å²) in [7, 11) is 1.27. The SMILES string of the molecule is COc1cc(C=Nn2c(C(C)C)nc3ccc(Br)cc3c2=O)cc([N+](=O)[O-])c1O[C@@H](C)C(=O)O. The number of methoxy groups -OCH3 is 1. The molecule has 2 aromatic carbocycles. The van der Waals surface area contributed by atoms with Gasteiger partial charge in [-0.25, -0.2) is 9.78 Å². The van der Waals surface area contributed by atoms with Gasteiger partial charge in [-0.15, -0.1) is 0 Å². The fourth-order valence-electron chi connectivity index (χ4n) is 3.09. The van der Waals surface area contributed by atoms with Crippen LogP contribution in [0, 0.1) is 10.1 Å². The second-order valence-electron chi connectivity index (χ2n) is 7.57. The van der Waals surface area contributed by atoms with Crippen molar-refractivity contribution in [3.8, 4) is 11.5 Å². The van der Waals surface area contributed by atoms with E-state index in [1.807, 2.05) is 13.8 Å². The Morgan fingerprint density at radius 3 is 2.59 bits per heavy atom. The summed E-state index contributed by atoms with van der Waals surface area (Å²) >= 11 is 3.34. The van der Waals surface area contributed by atoms with Crippen molar-refractivity contribution in [3.63, 3.8) is 0 Å². The lowest BCUT2D eigenvalue weighted by Gasteiger charge is -2.14. The molecule has 3 rings (SSSR count). The van der Waals surface area contributed by atoms with E-state index in [0.717, 1.165) is 10.7 Å². The van der Waals surface area contributed by atoms with Crippen LogP contribution in [0.1, 0.15) is 38.1 Å². The van der Waals surface area contributed by atoms with Crippen LogP contribution in [-0.4, -0.2) is 45.1 Å². The standard InChI is InChI=1S/C22H21BrN4O7/c1-11(2)20-25-16-6-5-14(23)9-15(16)21(28)26(20)24-10-13-7-17(27(31)32)19(18(8-13)33-4)34-12(3)22(29)30/h5-12H,1-4H3,(H,29,30)/t12-/m0/s1. The van der Waals surface area contributed by atoms with Crippen molar-refractivity contribution in [2.75, 3.05) is 7.11 Å². The molecule has 12 heteroatoms. The van der Waals surface area contributed by atoms with Crippen molar-refractivity contribution in [3.05, 3.63) is 66.7 Å². The summed E-state index contributed by atoms with van der Waals surface area (Å²) in [5.74, 6) is -1.40. The maximum absolute atomic E-state index is 13.1. The highest BCUT2D eigenvalue weighted by atomic mass is 79.9. The van der Waals surface area contributed by atoms with Crippen LogP contribution >= 0.6 is 15.9 Å². The molecule has 3 aromatic rings. The molecule has 178 valence electrons. The number of fused-ring (bicyclic) bond motifs is 1. The third-order valence-corrected chi connectivity index (χ3v) is 5.28. The first-order chi connectivity index (χ1) is 16.0. The number of ether oxygens (including phenoxy) is 2. The molecule has 0 saturated heterocycles. The minimum atomic E-state index is -1.35. The number of nitro groups is 1. The fourth-order valence-corrected chi connectivity index (χ4v) is 3.45. The van der Waals surface area contributed by atoms with Gasteiger partial charge in [0.05, 0.1) is 29.2 Å². The van der Waals surface area contributed by atoms with E-state index in [1.54, 1.807) is 18.2 Å². The van der Waals surface area contributed by atoms with Gasteiger partial charge in [0.15, 0.2) is 11.9 Å². The molecule has 0 fully saturated rings. The predicted octanol–water partition coefficient (Wildman–Crippen LogP) is 3.93. The van der Waals surface area contributed by atoms with E-state index in [0.29, 0.717) is 21.2 Å². The van der Waals surface area contributed by atoms with Crippen LogP contribution in [0.25, 0.3) is 10.9 Å². The summed E-state index contributed by atoms with van der Waals surface area (Å²) in [4.78, 5) is 39.8. The molecule has 0 radical (unpaired) electrons. The van der Waals surface area contributed by atoms with Crippen LogP contribution in [0.4, 0.5) is 5.69 Å². The van der Waals surface area contributed by atoms with Crippen LogP contribution in [0.2, 0.25) is 0 Å². The molecule has 0 spiro atoms. The Hall–Kier alpha value is -3.80. The number of halogens is 1. The quantitative estimate of drug-likeness (QED) is 0.260. The van der Waals surface area contributed by atoms with E-state index in [-0.39, 0.29) is 23.0 Å². The van der Waals surface area contributed by atoms with Crippen LogP contribution in [-0.2, 0) is 4.79 Å². The number of aromatic nitrogens is 2. The first-order valence-electron chi connectivity index (χ1n) is 10.1. The number of nitro benzene ring substituents is 1. The molecule has 1 aromatic heterocycles. The minimum absolute atomic E-state index is 0.0549.